The third-order valence-electron chi connectivity index (χ3n) is 2.97. The highest BCUT2D eigenvalue weighted by Crippen LogP contribution is 2.11. The zero-order valence-corrected chi connectivity index (χ0v) is 11.7. The minimum absolute atomic E-state index is 0.110. The zero-order chi connectivity index (χ0) is 14.4. The Balaban J connectivity index is 2.01. The summed E-state index contributed by atoms with van der Waals surface area (Å²) in [6.07, 6.45) is 0.587. The lowest BCUT2D eigenvalue weighted by atomic mass is 10.1. The number of rotatable bonds is 5. The van der Waals surface area contributed by atoms with Crippen LogP contribution >= 0.6 is 11.6 Å². The van der Waals surface area contributed by atoms with Crippen LogP contribution in [0.5, 0.6) is 0 Å². The first-order valence-corrected chi connectivity index (χ1v) is 6.78. The number of carbonyl (C=O) groups is 1. The standard InChI is InChI=1S/C16H16ClNO2/c17-14-8-4-7-13(10-14)16(20)18-15(11-19)9-12-5-2-1-3-6-12/h1-8,10,15,19H,9,11H2,(H,18,20)/t15-/m1/s1. The van der Waals surface area contributed by atoms with Gasteiger partial charge >= 0.3 is 0 Å². The van der Waals surface area contributed by atoms with Gasteiger partial charge in [-0.05, 0) is 30.2 Å². The fourth-order valence-corrected chi connectivity index (χ4v) is 2.15. The van der Waals surface area contributed by atoms with Gasteiger partial charge in [0.2, 0.25) is 0 Å². The van der Waals surface area contributed by atoms with Crippen molar-refractivity contribution in [3.63, 3.8) is 0 Å². The molecule has 2 aromatic carbocycles. The summed E-state index contributed by atoms with van der Waals surface area (Å²) in [7, 11) is 0. The second-order valence-electron chi connectivity index (χ2n) is 4.55. The largest absolute Gasteiger partial charge is 0.394 e. The minimum Gasteiger partial charge on any atom is -0.394 e. The Labute approximate surface area is 123 Å². The van der Waals surface area contributed by atoms with Crippen molar-refractivity contribution < 1.29 is 9.90 Å². The summed E-state index contributed by atoms with van der Waals surface area (Å²) in [5, 5.41) is 12.7. The first-order valence-electron chi connectivity index (χ1n) is 6.40. The Morgan fingerprint density at radius 3 is 2.55 bits per heavy atom. The van der Waals surface area contributed by atoms with Gasteiger partial charge in [-0.2, -0.15) is 0 Å². The molecule has 3 nitrogen and oxygen atoms in total. The maximum atomic E-state index is 12.1. The molecule has 2 rings (SSSR count). The lowest BCUT2D eigenvalue weighted by molar-refractivity contribution is 0.0916. The van der Waals surface area contributed by atoms with Crippen LogP contribution in [0.3, 0.4) is 0 Å². The summed E-state index contributed by atoms with van der Waals surface area (Å²) < 4.78 is 0. The van der Waals surface area contributed by atoms with E-state index < -0.39 is 0 Å². The maximum absolute atomic E-state index is 12.1. The highest BCUT2D eigenvalue weighted by molar-refractivity contribution is 6.30. The lowest BCUT2D eigenvalue weighted by Gasteiger charge is -2.16. The van der Waals surface area contributed by atoms with Gasteiger partial charge in [0.1, 0.15) is 0 Å². The van der Waals surface area contributed by atoms with Gasteiger partial charge < -0.3 is 10.4 Å². The molecular formula is C16H16ClNO2. The molecule has 2 aromatic rings. The molecule has 1 amide bonds. The van der Waals surface area contributed by atoms with Crippen LogP contribution in [-0.4, -0.2) is 23.7 Å². The number of nitrogens with one attached hydrogen (secondary N) is 1. The summed E-state index contributed by atoms with van der Waals surface area (Å²) in [6.45, 7) is -0.110. The minimum atomic E-state index is -0.316. The van der Waals surface area contributed by atoms with E-state index in [1.165, 1.54) is 0 Å². The Morgan fingerprint density at radius 2 is 1.90 bits per heavy atom. The van der Waals surface area contributed by atoms with E-state index in [0.717, 1.165) is 5.56 Å². The topological polar surface area (TPSA) is 49.3 Å². The number of aliphatic hydroxyl groups is 1. The van der Waals surface area contributed by atoms with Gasteiger partial charge in [-0.1, -0.05) is 48.0 Å². The van der Waals surface area contributed by atoms with Crippen molar-refractivity contribution in [2.45, 2.75) is 12.5 Å². The number of benzene rings is 2. The Morgan fingerprint density at radius 1 is 1.15 bits per heavy atom. The Bertz CT molecular complexity index is 572. The molecule has 0 radical (unpaired) electrons. The summed E-state index contributed by atoms with van der Waals surface area (Å²) >= 11 is 5.86. The van der Waals surface area contributed by atoms with E-state index in [0.29, 0.717) is 17.0 Å². The van der Waals surface area contributed by atoms with E-state index in [-0.39, 0.29) is 18.6 Å². The molecule has 0 unspecified atom stereocenters. The molecule has 104 valence electrons. The number of aliphatic hydroxyl groups excluding tert-OH is 1. The monoisotopic (exact) mass is 289 g/mol. The normalized spacial score (nSPS) is 11.9. The van der Waals surface area contributed by atoms with Crippen LogP contribution in [-0.2, 0) is 6.42 Å². The van der Waals surface area contributed by atoms with Crippen LogP contribution in [0.1, 0.15) is 15.9 Å². The fourth-order valence-electron chi connectivity index (χ4n) is 1.96. The van der Waals surface area contributed by atoms with Gasteiger partial charge in [0.25, 0.3) is 5.91 Å². The summed E-state index contributed by atoms with van der Waals surface area (Å²) in [5.41, 5.74) is 1.56. The van der Waals surface area contributed by atoms with E-state index in [4.69, 9.17) is 11.6 Å². The molecule has 0 spiro atoms. The second kappa shape index (κ2) is 7.08. The van der Waals surface area contributed by atoms with Crippen LogP contribution in [0.4, 0.5) is 0 Å². The molecule has 0 heterocycles. The van der Waals surface area contributed by atoms with Crippen LogP contribution in [0, 0.1) is 0 Å². The average molecular weight is 290 g/mol. The van der Waals surface area contributed by atoms with Crippen LogP contribution in [0.15, 0.2) is 54.6 Å². The molecule has 0 aliphatic rings. The highest BCUT2D eigenvalue weighted by atomic mass is 35.5. The molecule has 4 heteroatoms. The molecule has 0 saturated carbocycles. The molecule has 0 aliphatic heterocycles. The third-order valence-corrected chi connectivity index (χ3v) is 3.20. The van der Waals surface area contributed by atoms with Crippen LogP contribution in [0.25, 0.3) is 0 Å². The third kappa shape index (κ3) is 4.08. The van der Waals surface area contributed by atoms with Gasteiger partial charge in [-0.15, -0.1) is 0 Å². The number of halogens is 1. The van der Waals surface area contributed by atoms with Crippen molar-refractivity contribution in [3.8, 4) is 0 Å². The molecule has 0 saturated heterocycles. The van der Waals surface area contributed by atoms with Gasteiger partial charge in [0, 0.05) is 10.6 Å². The van der Waals surface area contributed by atoms with Gasteiger partial charge in [-0.25, -0.2) is 0 Å². The van der Waals surface area contributed by atoms with Crippen molar-refractivity contribution >= 4 is 17.5 Å². The first kappa shape index (κ1) is 14.6. The first-order chi connectivity index (χ1) is 9.69. The van der Waals surface area contributed by atoms with Crippen molar-refractivity contribution in [2.24, 2.45) is 0 Å². The number of carbonyl (C=O) groups excluding carboxylic acids is 1. The van der Waals surface area contributed by atoms with E-state index in [1.54, 1.807) is 24.3 Å². The highest BCUT2D eigenvalue weighted by Gasteiger charge is 2.13. The van der Waals surface area contributed by atoms with Gasteiger partial charge in [0.15, 0.2) is 0 Å². The molecule has 0 fully saturated rings. The average Bonchev–Trinajstić information content (AvgIpc) is 2.47. The summed E-state index contributed by atoms with van der Waals surface area (Å²) in [5.74, 6) is -0.234. The zero-order valence-electron chi connectivity index (χ0n) is 10.9. The maximum Gasteiger partial charge on any atom is 0.251 e. The van der Waals surface area contributed by atoms with E-state index in [2.05, 4.69) is 5.32 Å². The number of hydrogen-bond donors (Lipinski definition) is 2. The molecule has 0 bridgehead atoms. The predicted octanol–water partition coefficient (Wildman–Crippen LogP) is 2.67. The van der Waals surface area contributed by atoms with E-state index in [1.807, 2.05) is 30.3 Å². The van der Waals surface area contributed by atoms with Gasteiger partial charge in [0.05, 0.1) is 12.6 Å². The van der Waals surface area contributed by atoms with Crippen molar-refractivity contribution in [3.05, 3.63) is 70.7 Å². The SMILES string of the molecule is O=C(N[C@@H](CO)Cc1ccccc1)c1cccc(Cl)c1. The smallest absolute Gasteiger partial charge is 0.251 e. The molecule has 2 N–H and O–H groups in total. The molecule has 0 aromatic heterocycles. The molecular weight excluding hydrogens is 274 g/mol. The number of amides is 1. The lowest BCUT2D eigenvalue weighted by Crippen LogP contribution is -2.39. The summed E-state index contributed by atoms with van der Waals surface area (Å²) in [6, 6.07) is 16.2. The van der Waals surface area contributed by atoms with Crippen molar-refractivity contribution in [1.29, 1.82) is 0 Å². The quantitative estimate of drug-likeness (QED) is 0.889. The summed E-state index contributed by atoms with van der Waals surface area (Å²) in [4.78, 5) is 12.1. The number of hydrogen-bond acceptors (Lipinski definition) is 2. The van der Waals surface area contributed by atoms with Crippen LogP contribution < -0.4 is 5.32 Å². The Hall–Kier alpha value is -1.84. The van der Waals surface area contributed by atoms with E-state index in [9.17, 15) is 9.90 Å². The molecule has 20 heavy (non-hydrogen) atoms. The van der Waals surface area contributed by atoms with Gasteiger partial charge in [-0.3, -0.25) is 4.79 Å². The predicted molar refractivity (Wildman–Crippen MR) is 79.9 cm³/mol. The molecule has 0 aliphatic carbocycles. The van der Waals surface area contributed by atoms with E-state index >= 15 is 0 Å². The second-order valence-corrected chi connectivity index (χ2v) is 4.99. The van der Waals surface area contributed by atoms with Crippen LogP contribution in [0.2, 0.25) is 5.02 Å². The fraction of sp³-hybridized carbons (Fsp3) is 0.188. The van der Waals surface area contributed by atoms with Crippen molar-refractivity contribution in [1.82, 2.24) is 5.32 Å². The van der Waals surface area contributed by atoms with Crippen molar-refractivity contribution in [2.75, 3.05) is 6.61 Å². The molecule has 1 atom stereocenters. The Kier molecular flexibility index (Phi) is 5.16.